The van der Waals surface area contributed by atoms with E-state index in [1.54, 1.807) is 24.3 Å². The Bertz CT molecular complexity index is 984. The van der Waals surface area contributed by atoms with Crippen LogP contribution in [0, 0.1) is 0 Å². The van der Waals surface area contributed by atoms with E-state index >= 15 is 0 Å². The summed E-state index contributed by atoms with van der Waals surface area (Å²) in [4.78, 5) is 0.241. The van der Waals surface area contributed by atoms with Gasteiger partial charge in [-0.2, -0.15) is 5.10 Å². The predicted molar refractivity (Wildman–Crippen MR) is 96.0 cm³/mol. The molecule has 0 fully saturated rings. The normalized spacial score (nSPS) is 12.6. The van der Waals surface area contributed by atoms with Crippen LogP contribution in [0.3, 0.4) is 0 Å². The summed E-state index contributed by atoms with van der Waals surface area (Å²) >= 11 is 0. The summed E-state index contributed by atoms with van der Waals surface area (Å²) in [7, 11) is -3.53. The van der Waals surface area contributed by atoms with Gasteiger partial charge in [-0.3, -0.25) is 5.10 Å². The van der Waals surface area contributed by atoms with Crippen molar-refractivity contribution in [2.75, 3.05) is 5.73 Å². The summed E-state index contributed by atoms with van der Waals surface area (Å²) in [6, 6.07) is 12.6. The summed E-state index contributed by atoms with van der Waals surface area (Å²) < 4.78 is 27.3. The Labute approximate surface area is 141 Å². The standard InChI is InChI=1S/C17H20N4O2S/c1-17(2,3)21-24(22,23)13-7-4-11(5-8-13)12-6-9-15-14(10-12)16(18)20-19-15/h4-10,21H,1-3H3,(H3,18,19,20). The van der Waals surface area contributed by atoms with E-state index in [0.717, 1.165) is 22.0 Å². The lowest BCUT2D eigenvalue weighted by molar-refractivity contribution is 0.491. The maximum atomic E-state index is 12.3. The summed E-state index contributed by atoms with van der Waals surface area (Å²) in [5.74, 6) is 0.445. The van der Waals surface area contributed by atoms with E-state index < -0.39 is 15.6 Å². The van der Waals surface area contributed by atoms with Crippen LogP contribution in [0.4, 0.5) is 5.82 Å². The molecule has 0 bridgehead atoms. The van der Waals surface area contributed by atoms with Gasteiger partial charge in [0, 0.05) is 10.9 Å². The second kappa shape index (κ2) is 5.61. The highest BCUT2D eigenvalue weighted by molar-refractivity contribution is 7.89. The minimum atomic E-state index is -3.53. The van der Waals surface area contributed by atoms with E-state index in [1.165, 1.54) is 0 Å². The highest BCUT2D eigenvalue weighted by Gasteiger charge is 2.21. The fourth-order valence-electron chi connectivity index (χ4n) is 2.50. The third kappa shape index (κ3) is 3.27. The minimum absolute atomic E-state index is 0.241. The molecule has 3 aromatic rings. The molecule has 0 aliphatic carbocycles. The molecule has 0 radical (unpaired) electrons. The van der Waals surface area contributed by atoms with E-state index in [2.05, 4.69) is 14.9 Å². The largest absolute Gasteiger partial charge is 0.382 e. The number of nitrogens with zero attached hydrogens (tertiary/aromatic N) is 1. The smallest absolute Gasteiger partial charge is 0.241 e. The SMILES string of the molecule is CC(C)(C)NS(=O)(=O)c1ccc(-c2ccc3[nH]nc(N)c3c2)cc1. The molecule has 0 amide bonds. The molecular weight excluding hydrogens is 324 g/mol. The van der Waals surface area contributed by atoms with E-state index in [4.69, 9.17) is 5.73 Å². The molecule has 4 N–H and O–H groups in total. The Kier molecular flexibility index (Phi) is 3.85. The molecule has 0 unspecified atom stereocenters. The van der Waals surface area contributed by atoms with Crippen LogP contribution < -0.4 is 10.5 Å². The van der Waals surface area contributed by atoms with Gasteiger partial charge in [0.1, 0.15) is 0 Å². The number of anilines is 1. The van der Waals surface area contributed by atoms with Crippen molar-refractivity contribution in [3.63, 3.8) is 0 Å². The van der Waals surface area contributed by atoms with Gasteiger partial charge in [-0.1, -0.05) is 18.2 Å². The average molecular weight is 344 g/mol. The van der Waals surface area contributed by atoms with E-state index in [-0.39, 0.29) is 4.90 Å². The molecule has 7 heteroatoms. The number of H-pyrrole nitrogens is 1. The van der Waals surface area contributed by atoms with Crippen molar-refractivity contribution in [1.82, 2.24) is 14.9 Å². The molecule has 0 spiro atoms. The fourth-order valence-corrected chi connectivity index (χ4v) is 3.92. The maximum Gasteiger partial charge on any atom is 0.241 e. The van der Waals surface area contributed by atoms with Gasteiger partial charge < -0.3 is 5.73 Å². The number of hydrogen-bond acceptors (Lipinski definition) is 4. The molecule has 1 heterocycles. The fraction of sp³-hybridized carbons (Fsp3) is 0.235. The highest BCUT2D eigenvalue weighted by atomic mass is 32.2. The Morgan fingerprint density at radius 2 is 1.67 bits per heavy atom. The molecule has 0 aliphatic rings. The molecule has 1 aromatic heterocycles. The van der Waals surface area contributed by atoms with Gasteiger partial charge in [0.15, 0.2) is 5.82 Å². The molecule has 0 saturated heterocycles. The number of nitrogens with two attached hydrogens (primary N) is 1. The second-order valence-corrected chi connectivity index (χ2v) is 8.43. The van der Waals surface area contributed by atoms with Gasteiger partial charge in [-0.15, -0.1) is 0 Å². The zero-order valence-electron chi connectivity index (χ0n) is 13.8. The van der Waals surface area contributed by atoms with Crippen LogP contribution in [-0.2, 0) is 10.0 Å². The molecule has 0 atom stereocenters. The molecule has 2 aromatic carbocycles. The lowest BCUT2D eigenvalue weighted by atomic mass is 10.0. The van der Waals surface area contributed by atoms with E-state index in [0.29, 0.717) is 5.82 Å². The topological polar surface area (TPSA) is 101 Å². The summed E-state index contributed by atoms with van der Waals surface area (Å²) in [6.45, 7) is 5.43. The zero-order valence-corrected chi connectivity index (χ0v) is 14.6. The number of fused-ring (bicyclic) bond motifs is 1. The van der Waals surface area contributed by atoms with E-state index in [1.807, 2.05) is 39.0 Å². The number of nitrogen functional groups attached to an aromatic ring is 1. The van der Waals surface area contributed by atoms with Crippen LogP contribution in [0.5, 0.6) is 0 Å². The van der Waals surface area contributed by atoms with Gasteiger partial charge in [0.05, 0.1) is 10.4 Å². The summed E-state index contributed by atoms with van der Waals surface area (Å²) in [5, 5.41) is 7.68. The molecule has 3 rings (SSSR count). The van der Waals surface area contributed by atoms with Crippen molar-refractivity contribution in [3.05, 3.63) is 42.5 Å². The third-order valence-electron chi connectivity index (χ3n) is 3.53. The lowest BCUT2D eigenvalue weighted by Gasteiger charge is -2.20. The summed E-state index contributed by atoms with van der Waals surface area (Å²) in [5.41, 5.74) is 8.03. The highest BCUT2D eigenvalue weighted by Crippen LogP contribution is 2.27. The van der Waals surface area contributed by atoms with Gasteiger partial charge in [0.25, 0.3) is 0 Å². The Morgan fingerprint density at radius 3 is 2.29 bits per heavy atom. The molecule has 0 aliphatic heterocycles. The number of sulfonamides is 1. The van der Waals surface area contributed by atoms with Gasteiger partial charge in [0.2, 0.25) is 10.0 Å². The number of rotatable bonds is 3. The zero-order chi connectivity index (χ0) is 17.5. The van der Waals surface area contributed by atoms with Crippen molar-refractivity contribution in [2.45, 2.75) is 31.2 Å². The minimum Gasteiger partial charge on any atom is -0.382 e. The van der Waals surface area contributed by atoms with Crippen molar-refractivity contribution in [3.8, 4) is 11.1 Å². The van der Waals surface area contributed by atoms with Crippen molar-refractivity contribution in [1.29, 1.82) is 0 Å². The lowest BCUT2D eigenvalue weighted by Crippen LogP contribution is -2.40. The predicted octanol–water partition coefficient (Wildman–Crippen LogP) is 2.89. The average Bonchev–Trinajstić information content (AvgIpc) is 2.86. The molecule has 24 heavy (non-hydrogen) atoms. The van der Waals surface area contributed by atoms with Crippen molar-refractivity contribution in [2.24, 2.45) is 0 Å². The van der Waals surface area contributed by atoms with Crippen LogP contribution in [0.15, 0.2) is 47.4 Å². The van der Waals surface area contributed by atoms with Gasteiger partial charge >= 0.3 is 0 Å². The van der Waals surface area contributed by atoms with Crippen LogP contribution in [0.2, 0.25) is 0 Å². The first-order valence-electron chi connectivity index (χ1n) is 7.54. The first kappa shape index (κ1) is 16.5. The van der Waals surface area contributed by atoms with Gasteiger partial charge in [-0.25, -0.2) is 13.1 Å². The van der Waals surface area contributed by atoms with Crippen molar-refractivity contribution < 1.29 is 8.42 Å². The third-order valence-corrected chi connectivity index (χ3v) is 5.30. The van der Waals surface area contributed by atoms with Gasteiger partial charge in [-0.05, 0) is 56.2 Å². The number of hydrogen-bond donors (Lipinski definition) is 3. The number of benzene rings is 2. The number of nitrogens with one attached hydrogen (secondary N) is 2. The first-order valence-corrected chi connectivity index (χ1v) is 9.02. The number of aromatic nitrogens is 2. The first-order chi connectivity index (χ1) is 11.2. The van der Waals surface area contributed by atoms with E-state index in [9.17, 15) is 8.42 Å². The molecule has 6 nitrogen and oxygen atoms in total. The quantitative estimate of drug-likeness (QED) is 0.680. The Balaban J connectivity index is 1.95. The van der Waals surface area contributed by atoms with Crippen molar-refractivity contribution >= 4 is 26.7 Å². The Morgan fingerprint density at radius 1 is 1.04 bits per heavy atom. The van der Waals surface area contributed by atoms with Crippen LogP contribution in [0.1, 0.15) is 20.8 Å². The molecule has 0 saturated carbocycles. The monoisotopic (exact) mass is 344 g/mol. The summed E-state index contributed by atoms with van der Waals surface area (Å²) in [6.07, 6.45) is 0. The molecular formula is C17H20N4O2S. The van der Waals surface area contributed by atoms with Crippen LogP contribution >= 0.6 is 0 Å². The second-order valence-electron chi connectivity index (χ2n) is 6.75. The number of aromatic amines is 1. The molecule has 126 valence electrons. The maximum absolute atomic E-state index is 12.3. The Hall–Kier alpha value is -2.38. The van der Waals surface area contributed by atoms with Crippen LogP contribution in [0.25, 0.3) is 22.0 Å². The van der Waals surface area contributed by atoms with Crippen LogP contribution in [-0.4, -0.2) is 24.2 Å².